The van der Waals surface area contributed by atoms with Crippen LogP contribution in [0.4, 0.5) is 0 Å². The summed E-state index contributed by atoms with van der Waals surface area (Å²) in [6.07, 6.45) is 1.62. The number of methoxy groups -OCH3 is 1. The molecular weight excluding hydrogens is 264 g/mol. The number of hydrogen-bond acceptors (Lipinski definition) is 3. The van der Waals surface area contributed by atoms with E-state index in [0.29, 0.717) is 32.0 Å². The summed E-state index contributed by atoms with van der Waals surface area (Å²) in [5.74, 6) is 0.748. The van der Waals surface area contributed by atoms with Gasteiger partial charge in [-0.1, -0.05) is 38.1 Å². The van der Waals surface area contributed by atoms with Gasteiger partial charge in [-0.15, -0.1) is 0 Å². The molecule has 2 N–H and O–H groups in total. The number of hydrogen-bond donors (Lipinski definition) is 2. The van der Waals surface area contributed by atoms with Crippen LogP contribution < -0.4 is 10.6 Å². The molecule has 0 aliphatic rings. The fourth-order valence-electron chi connectivity index (χ4n) is 2.08. The number of carbonyl (C=O) groups excluding carboxylic acids is 1. The van der Waals surface area contributed by atoms with Gasteiger partial charge in [0.05, 0.1) is 6.61 Å². The smallest absolute Gasteiger partial charge is 0.221 e. The molecule has 1 aromatic rings. The first-order valence-electron chi connectivity index (χ1n) is 7.66. The van der Waals surface area contributed by atoms with E-state index in [-0.39, 0.29) is 5.91 Å². The third-order valence-electron chi connectivity index (χ3n) is 3.15. The standard InChI is InChI=1S/C17H28N2O2/c1-14(2)12-15-4-6-16(7-5-15)13-18-9-8-17(20)19-10-11-21-3/h4-7,14,18H,8-13H2,1-3H3,(H,19,20). The van der Waals surface area contributed by atoms with Crippen LogP contribution in [0.3, 0.4) is 0 Å². The van der Waals surface area contributed by atoms with E-state index in [9.17, 15) is 4.79 Å². The highest BCUT2D eigenvalue weighted by molar-refractivity contribution is 5.76. The number of benzene rings is 1. The van der Waals surface area contributed by atoms with Crippen molar-refractivity contribution in [1.29, 1.82) is 0 Å². The first-order valence-corrected chi connectivity index (χ1v) is 7.66. The van der Waals surface area contributed by atoms with Crippen LogP contribution in [0.5, 0.6) is 0 Å². The van der Waals surface area contributed by atoms with Crippen LogP contribution in [0.15, 0.2) is 24.3 Å². The molecule has 1 aromatic carbocycles. The highest BCUT2D eigenvalue weighted by Gasteiger charge is 2.01. The molecule has 0 atom stereocenters. The Bertz CT molecular complexity index is 402. The molecule has 1 rings (SSSR count). The first kappa shape index (κ1) is 17.7. The Morgan fingerprint density at radius 2 is 1.81 bits per heavy atom. The van der Waals surface area contributed by atoms with Gasteiger partial charge in [0.1, 0.15) is 0 Å². The topological polar surface area (TPSA) is 50.4 Å². The number of nitrogens with one attached hydrogen (secondary N) is 2. The van der Waals surface area contributed by atoms with Crippen LogP contribution in [-0.4, -0.2) is 32.7 Å². The summed E-state index contributed by atoms with van der Waals surface area (Å²) in [7, 11) is 1.63. The molecular formula is C17H28N2O2. The molecule has 0 saturated heterocycles. The van der Waals surface area contributed by atoms with E-state index < -0.39 is 0 Å². The van der Waals surface area contributed by atoms with Gasteiger partial charge < -0.3 is 15.4 Å². The molecule has 0 radical (unpaired) electrons. The molecule has 0 spiro atoms. The summed E-state index contributed by atoms with van der Waals surface area (Å²) in [6.45, 7) is 7.08. The van der Waals surface area contributed by atoms with Gasteiger partial charge in [0.25, 0.3) is 0 Å². The van der Waals surface area contributed by atoms with Crippen LogP contribution in [0.1, 0.15) is 31.4 Å². The second-order valence-corrected chi connectivity index (χ2v) is 5.68. The van der Waals surface area contributed by atoms with Gasteiger partial charge >= 0.3 is 0 Å². The van der Waals surface area contributed by atoms with Gasteiger partial charge in [0.2, 0.25) is 5.91 Å². The Hall–Kier alpha value is -1.39. The lowest BCUT2D eigenvalue weighted by molar-refractivity contribution is -0.121. The summed E-state index contributed by atoms with van der Waals surface area (Å²) in [5, 5.41) is 6.10. The molecule has 0 heterocycles. The fourth-order valence-corrected chi connectivity index (χ4v) is 2.08. The van der Waals surface area contributed by atoms with Crippen molar-refractivity contribution in [2.45, 2.75) is 33.2 Å². The van der Waals surface area contributed by atoms with Crippen LogP contribution in [-0.2, 0) is 22.5 Å². The highest BCUT2D eigenvalue weighted by Crippen LogP contribution is 2.09. The molecule has 21 heavy (non-hydrogen) atoms. The van der Waals surface area contributed by atoms with E-state index in [2.05, 4.69) is 48.7 Å². The first-order chi connectivity index (χ1) is 10.1. The van der Waals surface area contributed by atoms with E-state index in [1.54, 1.807) is 7.11 Å². The predicted octanol–water partition coefficient (Wildman–Crippen LogP) is 2.13. The molecule has 0 aliphatic heterocycles. The average Bonchev–Trinajstić information content (AvgIpc) is 2.45. The van der Waals surface area contributed by atoms with E-state index in [4.69, 9.17) is 4.74 Å². The lowest BCUT2D eigenvalue weighted by Gasteiger charge is -2.08. The minimum atomic E-state index is 0.0619. The maximum absolute atomic E-state index is 11.5. The van der Waals surface area contributed by atoms with Gasteiger partial charge in [-0.05, 0) is 23.5 Å². The molecule has 0 saturated carbocycles. The summed E-state index contributed by atoms with van der Waals surface area (Å²) in [6, 6.07) is 8.69. The summed E-state index contributed by atoms with van der Waals surface area (Å²) < 4.78 is 4.88. The maximum Gasteiger partial charge on any atom is 0.221 e. The van der Waals surface area contributed by atoms with Crippen molar-refractivity contribution in [3.05, 3.63) is 35.4 Å². The lowest BCUT2D eigenvalue weighted by atomic mass is 10.0. The minimum Gasteiger partial charge on any atom is -0.383 e. The van der Waals surface area contributed by atoms with Crippen LogP contribution in [0, 0.1) is 5.92 Å². The van der Waals surface area contributed by atoms with Gasteiger partial charge in [-0.25, -0.2) is 0 Å². The van der Waals surface area contributed by atoms with Crippen molar-refractivity contribution >= 4 is 5.91 Å². The second-order valence-electron chi connectivity index (χ2n) is 5.68. The molecule has 0 aliphatic carbocycles. The van der Waals surface area contributed by atoms with E-state index >= 15 is 0 Å². The van der Waals surface area contributed by atoms with E-state index in [1.807, 2.05) is 0 Å². The van der Waals surface area contributed by atoms with Gasteiger partial charge in [0, 0.05) is 33.2 Å². The Labute approximate surface area is 128 Å². The molecule has 4 heteroatoms. The third-order valence-corrected chi connectivity index (χ3v) is 3.15. The van der Waals surface area contributed by atoms with Crippen molar-refractivity contribution < 1.29 is 9.53 Å². The average molecular weight is 292 g/mol. The molecule has 0 bridgehead atoms. The van der Waals surface area contributed by atoms with Crippen molar-refractivity contribution in [3.63, 3.8) is 0 Å². The van der Waals surface area contributed by atoms with Crippen molar-refractivity contribution in [3.8, 4) is 0 Å². The van der Waals surface area contributed by atoms with Crippen LogP contribution in [0.25, 0.3) is 0 Å². The number of amides is 1. The largest absolute Gasteiger partial charge is 0.383 e. The zero-order valence-electron chi connectivity index (χ0n) is 13.4. The third kappa shape index (κ3) is 8.48. The van der Waals surface area contributed by atoms with Gasteiger partial charge in [0.15, 0.2) is 0 Å². The maximum atomic E-state index is 11.5. The molecule has 0 fully saturated rings. The van der Waals surface area contributed by atoms with E-state index in [0.717, 1.165) is 13.0 Å². The van der Waals surface area contributed by atoms with Crippen molar-refractivity contribution in [2.75, 3.05) is 26.8 Å². The summed E-state index contributed by atoms with van der Waals surface area (Å²) >= 11 is 0. The summed E-state index contributed by atoms with van der Waals surface area (Å²) in [5.41, 5.74) is 2.63. The zero-order chi connectivity index (χ0) is 15.5. The van der Waals surface area contributed by atoms with Crippen molar-refractivity contribution in [2.24, 2.45) is 5.92 Å². The van der Waals surface area contributed by atoms with Gasteiger partial charge in [-0.3, -0.25) is 4.79 Å². The quantitative estimate of drug-likeness (QED) is 0.650. The molecule has 0 unspecified atom stereocenters. The Balaban J connectivity index is 2.16. The van der Waals surface area contributed by atoms with Crippen molar-refractivity contribution in [1.82, 2.24) is 10.6 Å². The summed E-state index contributed by atoms with van der Waals surface area (Å²) in [4.78, 5) is 11.5. The van der Waals surface area contributed by atoms with Crippen LogP contribution >= 0.6 is 0 Å². The number of rotatable bonds is 10. The highest BCUT2D eigenvalue weighted by atomic mass is 16.5. The normalized spacial score (nSPS) is 10.9. The Morgan fingerprint density at radius 1 is 1.14 bits per heavy atom. The number of carbonyl (C=O) groups is 1. The second kappa shape index (κ2) is 10.4. The molecule has 1 amide bonds. The zero-order valence-corrected chi connectivity index (χ0v) is 13.4. The number of ether oxygens (including phenoxy) is 1. The molecule has 0 aromatic heterocycles. The molecule has 4 nitrogen and oxygen atoms in total. The SMILES string of the molecule is COCCNC(=O)CCNCc1ccc(CC(C)C)cc1. The predicted molar refractivity (Wildman–Crippen MR) is 86.2 cm³/mol. The minimum absolute atomic E-state index is 0.0619. The van der Waals surface area contributed by atoms with Crippen LogP contribution in [0.2, 0.25) is 0 Å². The fraction of sp³-hybridized carbons (Fsp3) is 0.588. The van der Waals surface area contributed by atoms with E-state index in [1.165, 1.54) is 11.1 Å². The van der Waals surface area contributed by atoms with Gasteiger partial charge in [-0.2, -0.15) is 0 Å². The molecule has 118 valence electrons. The monoisotopic (exact) mass is 292 g/mol. The Morgan fingerprint density at radius 3 is 2.43 bits per heavy atom. The Kier molecular flexibility index (Phi) is 8.71. The lowest BCUT2D eigenvalue weighted by Crippen LogP contribution is -2.29.